The first-order chi connectivity index (χ1) is 8.99. The Kier molecular flexibility index (Phi) is 6.15. The number of ether oxygens (including phenoxy) is 2. The Balaban J connectivity index is 2.66. The molecule has 19 heavy (non-hydrogen) atoms. The summed E-state index contributed by atoms with van der Waals surface area (Å²) < 4.78 is 10.0. The molecular formula is C14H21NO3S. The molecule has 1 unspecified atom stereocenters. The molecule has 0 radical (unpaired) electrons. The van der Waals surface area contributed by atoms with Gasteiger partial charge in [-0.05, 0) is 13.8 Å². The summed E-state index contributed by atoms with van der Waals surface area (Å²) in [6.45, 7) is 6.01. The highest BCUT2D eigenvalue weighted by Gasteiger charge is 2.13. The highest BCUT2D eigenvalue weighted by Crippen LogP contribution is 2.28. The average Bonchev–Trinajstić information content (AvgIpc) is 2.38. The van der Waals surface area contributed by atoms with Gasteiger partial charge in [0.25, 0.3) is 0 Å². The summed E-state index contributed by atoms with van der Waals surface area (Å²) in [5, 5.41) is 0.209. The first kappa shape index (κ1) is 15.8. The predicted octanol–water partition coefficient (Wildman–Crippen LogP) is 2.89. The molecule has 0 spiro atoms. The van der Waals surface area contributed by atoms with Crippen molar-refractivity contribution in [2.75, 3.05) is 14.2 Å². The van der Waals surface area contributed by atoms with E-state index in [4.69, 9.17) is 4.74 Å². The molecule has 1 heterocycles. The SMILES string of the molecule is COC(=O)CC(C)SCc1ncc(C)c(OC)c1C. The maximum absolute atomic E-state index is 11.2. The molecule has 1 atom stereocenters. The van der Waals surface area contributed by atoms with Gasteiger partial charge in [-0.3, -0.25) is 9.78 Å². The van der Waals surface area contributed by atoms with E-state index in [1.165, 1.54) is 7.11 Å². The van der Waals surface area contributed by atoms with E-state index in [2.05, 4.69) is 9.72 Å². The molecule has 0 saturated carbocycles. The number of carbonyl (C=O) groups excluding carboxylic acids is 1. The van der Waals surface area contributed by atoms with E-state index in [-0.39, 0.29) is 11.2 Å². The zero-order valence-corrected chi connectivity index (χ0v) is 13.0. The fourth-order valence-corrected chi connectivity index (χ4v) is 2.80. The van der Waals surface area contributed by atoms with Crippen molar-refractivity contribution < 1.29 is 14.3 Å². The number of aromatic nitrogens is 1. The van der Waals surface area contributed by atoms with Gasteiger partial charge < -0.3 is 9.47 Å². The van der Waals surface area contributed by atoms with Crippen LogP contribution in [0.4, 0.5) is 0 Å². The number of carbonyl (C=O) groups is 1. The van der Waals surface area contributed by atoms with Crippen LogP contribution in [0.25, 0.3) is 0 Å². The molecule has 0 aliphatic heterocycles. The fraction of sp³-hybridized carbons (Fsp3) is 0.571. The zero-order chi connectivity index (χ0) is 14.4. The van der Waals surface area contributed by atoms with E-state index in [9.17, 15) is 4.79 Å². The van der Waals surface area contributed by atoms with Crippen molar-refractivity contribution in [1.82, 2.24) is 4.98 Å². The van der Waals surface area contributed by atoms with Crippen molar-refractivity contribution in [3.63, 3.8) is 0 Å². The number of pyridine rings is 1. The second-order valence-electron chi connectivity index (χ2n) is 4.45. The van der Waals surface area contributed by atoms with Gasteiger partial charge in [0.1, 0.15) is 5.75 Å². The standard InChI is InChI=1S/C14H21NO3S/c1-9-7-15-12(11(3)14(9)18-5)8-19-10(2)6-13(16)17-4/h7,10H,6,8H2,1-5H3. The minimum atomic E-state index is -0.175. The minimum absolute atomic E-state index is 0.175. The van der Waals surface area contributed by atoms with Gasteiger partial charge in [-0.1, -0.05) is 6.92 Å². The Hall–Kier alpha value is -1.23. The Morgan fingerprint density at radius 2 is 2.11 bits per heavy atom. The van der Waals surface area contributed by atoms with E-state index in [1.54, 1.807) is 18.9 Å². The molecule has 0 N–H and O–H groups in total. The van der Waals surface area contributed by atoms with Gasteiger partial charge in [0.2, 0.25) is 0 Å². The first-order valence-corrected chi connectivity index (χ1v) is 7.22. The highest BCUT2D eigenvalue weighted by atomic mass is 32.2. The number of aryl methyl sites for hydroxylation is 1. The normalized spacial score (nSPS) is 12.1. The molecule has 0 fully saturated rings. The molecule has 1 rings (SSSR count). The minimum Gasteiger partial charge on any atom is -0.496 e. The van der Waals surface area contributed by atoms with E-state index in [1.807, 2.05) is 27.0 Å². The third-order valence-corrected chi connectivity index (χ3v) is 4.11. The van der Waals surface area contributed by atoms with Crippen molar-refractivity contribution in [3.8, 4) is 5.75 Å². The molecule has 0 aliphatic rings. The third-order valence-electron chi connectivity index (χ3n) is 2.94. The second-order valence-corrected chi connectivity index (χ2v) is 5.87. The molecule has 0 aromatic carbocycles. The van der Waals surface area contributed by atoms with Crippen molar-refractivity contribution in [3.05, 3.63) is 23.0 Å². The van der Waals surface area contributed by atoms with Gasteiger partial charge >= 0.3 is 5.97 Å². The summed E-state index contributed by atoms with van der Waals surface area (Å²) in [5.41, 5.74) is 3.11. The maximum atomic E-state index is 11.2. The smallest absolute Gasteiger partial charge is 0.306 e. The molecule has 4 nitrogen and oxygen atoms in total. The van der Waals surface area contributed by atoms with E-state index in [0.29, 0.717) is 6.42 Å². The second kappa shape index (κ2) is 7.38. The van der Waals surface area contributed by atoms with Gasteiger partial charge in [-0.25, -0.2) is 0 Å². The zero-order valence-electron chi connectivity index (χ0n) is 12.1. The third kappa shape index (κ3) is 4.42. The van der Waals surface area contributed by atoms with Gasteiger partial charge in [0.05, 0.1) is 26.3 Å². The van der Waals surface area contributed by atoms with Gasteiger partial charge in [0.15, 0.2) is 0 Å². The number of rotatable bonds is 6. The Morgan fingerprint density at radius 1 is 1.42 bits per heavy atom. The van der Waals surface area contributed by atoms with Crippen molar-refractivity contribution in [2.24, 2.45) is 0 Å². The number of nitrogens with zero attached hydrogens (tertiary/aromatic N) is 1. The predicted molar refractivity (Wildman–Crippen MR) is 77.7 cm³/mol. The Morgan fingerprint density at radius 3 is 2.68 bits per heavy atom. The van der Waals surface area contributed by atoms with Crippen LogP contribution in [-0.2, 0) is 15.3 Å². The van der Waals surface area contributed by atoms with Crippen LogP contribution in [0.15, 0.2) is 6.20 Å². The summed E-state index contributed by atoms with van der Waals surface area (Å²) in [6, 6.07) is 0. The van der Waals surface area contributed by atoms with Gasteiger partial charge in [-0.2, -0.15) is 11.8 Å². The lowest BCUT2D eigenvalue weighted by Crippen LogP contribution is -2.09. The largest absolute Gasteiger partial charge is 0.496 e. The van der Waals surface area contributed by atoms with Crippen LogP contribution in [-0.4, -0.2) is 30.4 Å². The lowest BCUT2D eigenvalue weighted by atomic mass is 10.1. The van der Waals surface area contributed by atoms with E-state index >= 15 is 0 Å². The lowest BCUT2D eigenvalue weighted by molar-refractivity contribution is -0.140. The molecule has 0 saturated heterocycles. The number of hydrogen-bond acceptors (Lipinski definition) is 5. The van der Waals surface area contributed by atoms with Crippen LogP contribution < -0.4 is 4.74 Å². The molecule has 1 aromatic heterocycles. The number of esters is 1. The summed E-state index contributed by atoms with van der Waals surface area (Å²) in [6.07, 6.45) is 2.25. The number of thioether (sulfide) groups is 1. The van der Waals surface area contributed by atoms with Crippen LogP contribution in [0.5, 0.6) is 5.75 Å². The van der Waals surface area contributed by atoms with Gasteiger partial charge in [-0.15, -0.1) is 0 Å². The van der Waals surface area contributed by atoms with Crippen molar-refractivity contribution in [1.29, 1.82) is 0 Å². The van der Waals surface area contributed by atoms with E-state index < -0.39 is 0 Å². The Bertz CT molecular complexity index is 449. The van der Waals surface area contributed by atoms with Crippen LogP contribution in [0.2, 0.25) is 0 Å². The summed E-state index contributed by atoms with van der Waals surface area (Å²) in [4.78, 5) is 15.6. The highest BCUT2D eigenvalue weighted by molar-refractivity contribution is 7.99. The average molecular weight is 283 g/mol. The van der Waals surface area contributed by atoms with Crippen LogP contribution in [0.1, 0.15) is 30.2 Å². The van der Waals surface area contributed by atoms with Gasteiger partial charge in [0, 0.05) is 28.3 Å². The van der Waals surface area contributed by atoms with Crippen LogP contribution in [0.3, 0.4) is 0 Å². The summed E-state index contributed by atoms with van der Waals surface area (Å²) in [7, 11) is 3.09. The van der Waals surface area contributed by atoms with Crippen LogP contribution >= 0.6 is 11.8 Å². The first-order valence-electron chi connectivity index (χ1n) is 6.17. The Labute approximate surface area is 118 Å². The van der Waals surface area contributed by atoms with Crippen LogP contribution in [0, 0.1) is 13.8 Å². The van der Waals surface area contributed by atoms with E-state index in [0.717, 1.165) is 28.3 Å². The summed E-state index contributed by atoms with van der Waals surface area (Å²) in [5.74, 6) is 1.48. The molecule has 0 amide bonds. The molecule has 106 valence electrons. The molecule has 0 bridgehead atoms. The lowest BCUT2D eigenvalue weighted by Gasteiger charge is -2.14. The summed E-state index contributed by atoms with van der Waals surface area (Å²) >= 11 is 1.69. The monoisotopic (exact) mass is 283 g/mol. The molecule has 1 aromatic rings. The maximum Gasteiger partial charge on any atom is 0.306 e. The molecular weight excluding hydrogens is 262 g/mol. The molecule has 0 aliphatic carbocycles. The molecule has 5 heteroatoms. The number of hydrogen-bond donors (Lipinski definition) is 0. The fourth-order valence-electron chi connectivity index (χ4n) is 1.81. The quantitative estimate of drug-likeness (QED) is 0.751. The topological polar surface area (TPSA) is 48.4 Å². The van der Waals surface area contributed by atoms with Crippen molar-refractivity contribution in [2.45, 2.75) is 38.2 Å². The number of methoxy groups -OCH3 is 2. The van der Waals surface area contributed by atoms with Crippen molar-refractivity contribution >= 4 is 17.7 Å².